The van der Waals surface area contributed by atoms with Crippen molar-refractivity contribution in [3.8, 4) is 5.75 Å². The molecule has 0 unspecified atom stereocenters. The summed E-state index contributed by atoms with van der Waals surface area (Å²) >= 11 is 0. The number of rotatable bonds is 3. The third kappa shape index (κ3) is 3.51. The molecule has 6 nitrogen and oxygen atoms in total. The highest BCUT2D eigenvalue weighted by Gasteiger charge is 2.25. The number of amides is 1. The molecule has 7 heteroatoms. The maximum absolute atomic E-state index is 13.1. The van der Waals surface area contributed by atoms with Crippen molar-refractivity contribution in [3.63, 3.8) is 0 Å². The average molecular weight is 388 g/mol. The number of benzene rings is 2. The van der Waals surface area contributed by atoms with Crippen molar-refractivity contribution < 1.29 is 17.9 Å². The first-order valence-corrected chi connectivity index (χ1v) is 10.2. The van der Waals surface area contributed by atoms with Gasteiger partial charge in [-0.1, -0.05) is 6.07 Å². The number of carbonyl (C=O) groups excluding carboxylic acids is 1. The van der Waals surface area contributed by atoms with E-state index in [1.807, 2.05) is 19.9 Å². The van der Waals surface area contributed by atoms with Gasteiger partial charge in [0.25, 0.3) is 15.9 Å². The molecule has 2 aromatic rings. The minimum absolute atomic E-state index is 0.192. The van der Waals surface area contributed by atoms with Gasteiger partial charge in [-0.2, -0.15) is 0 Å². The van der Waals surface area contributed by atoms with Crippen LogP contribution in [0.25, 0.3) is 0 Å². The molecule has 0 radical (unpaired) electrons. The van der Waals surface area contributed by atoms with E-state index in [0.29, 0.717) is 30.2 Å². The summed E-state index contributed by atoms with van der Waals surface area (Å²) in [5, 5.41) is 0. The smallest absolute Gasteiger partial charge is 0.262 e. The maximum atomic E-state index is 13.1. The number of nitrogens with zero attached hydrogens (tertiary/aromatic N) is 1. The van der Waals surface area contributed by atoms with Gasteiger partial charge in [0, 0.05) is 12.7 Å². The summed E-state index contributed by atoms with van der Waals surface area (Å²) in [7, 11) is -2.11. The molecule has 0 atom stereocenters. The highest BCUT2D eigenvalue weighted by Crippen LogP contribution is 2.30. The van der Waals surface area contributed by atoms with Gasteiger partial charge in [-0.15, -0.1) is 0 Å². The SMILES string of the molecule is Cc1cc(C)c(C)c(S(=O)(=O)Nc2ccc3c(c2)C(=O)N(C)CCO3)c1C. The van der Waals surface area contributed by atoms with Crippen LogP contribution in [-0.2, 0) is 10.0 Å². The molecule has 1 aliphatic heterocycles. The molecular weight excluding hydrogens is 364 g/mol. The summed E-state index contributed by atoms with van der Waals surface area (Å²) in [6.45, 7) is 8.29. The van der Waals surface area contributed by atoms with Gasteiger partial charge in [0.1, 0.15) is 12.4 Å². The van der Waals surface area contributed by atoms with Crippen molar-refractivity contribution in [2.24, 2.45) is 0 Å². The summed E-state index contributed by atoms with van der Waals surface area (Å²) in [6.07, 6.45) is 0. The van der Waals surface area contributed by atoms with Gasteiger partial charge in [0.15, 0.2) is 0 Å². The topological polar surface area (TPSA) is 75.7 Å². The Hall–Kier alpha value is -2.54. The third-order valence-corrected chi connectivity index (χ3v) is 6.71. The number of aryl methyl sites for hydroxylation is 2. The lowest BCUT2D eigenvalue weighted by Gasteiger charge is -2.17. The van der Waals surface area contributed by atoms with Crippen LogP contribution >= 0.6 is 0 Å². The molecule has 27 heavy (non-hydrogen) atoms. The summed E-state index contributed by atoms with van der Waals surface area (Å²) in [5.41, 5.74) is 3.97. The fourth-order valence-electron chi connectivity index (χ4n) is 3.28. The molecule has 0 bridgehead atoms. The molecule has 0 saturated carbocycles. The highest BCUT2D eigenvalue weighted by atomic mass is 32.2. The molecule has 3 rings (SSSR count). The van der Waals surface area contributed by atoms with Crippen molar-refractivity contribution in [2.45, 2.75) is 32.6 Å². The second-order valence-electron chi connectivity index (χ2n) is 6.98. The number of likely N-dealkylation sites (N-methyl/N-ethyl adjacent to an activating group) is 1. The molecule has 0 fully saturated rings. The monoisotopic (exact) mass is 388 g/mol. The molecule has 1 N–H and O–H groups in total. The van der Waals surface area contributed by atoms with Crippen molar-refractivity contribution in [3.05, 3.63) is 52.1 Å². The maximum Gasteiger partial charge on any atom is 0.262 e. The Morgan fingerprint density at radius 3 is 2.30 bits per heavy atom. The number of nitrogens with one attached hydrogen (secondary N) is 1. The molecule has 0 aliphatic carbocycles. The van der Waals surface area contributed by atoms with Crippen molar-refractivity contribution >= 4 is 21.6 Å². The zero-order valence-electron chi connectivity index (χ0n) is 16.2. The molecular formula is C20H24N2O4S. The van der Waals surface area contributed by atoms with Crippen molar-refractivity contribution in [2.75, 3.05) is 24.9 Å². The fraction of sp³-hybridized carbons (Fsp3) is 0.350. The first-order chi connectivity index (χ1) is 12.6. The first-order valence-electron chi connectivity index (χ1n) is 8.74. The number of carbonyl (C=O) groups is 1. The number of sulfonamides is 1. The Labute approximate surface area is 160 Å². The van der Waals surface area contributed by atoms with Gasteiger partial charge in [-0.25, -0.2) is 8.42 Å². The quantitative estimate of drug-likeness (QED) is 0.876. The lowest BCUT2D eigenvalue weighted by Crippen LogP contribution is -2.27. The van der Waals surface area contributed by atoms with E-state index < -0.39 is 10.0 Å². The zero-order valence-corrected chi connectivity index (χ0v) is 17.0. The second-order valence-corrected chi connectivity index (χ2v) is 8.60. The number of anilines is 1. The molecule has 0 aromatic heterocycles. The minimum atomic E-state index is -3.80. The Bertz CT molecular complexity index is 1000. The van der Waals surface area contributed by atoms with Gasteiger partial charge >= 0.3 is 0 Å². The number of ether oxygens (including phenoxy) is 1. The summed E-state index contributed by atoms with van der Waals surface area (Å²) < 4.78 is 34.4. The summed E-state index contributed by atoms with van der Waals surface area (Å²) in [4.78, 5) is 14.3. The molecule has 144 valence electrons. The van der Waals surface area contributed by atoms with Gasteiger partial charge in [-0.3, -0.25) is 9.52 Å². The lowest BCUT2D eigenvalue weighted by molar-refractivity contribution is 0.0796. The Balaban J connectivity index is 2.04. The molecule has 0 saturated heterocycles. The summed E-state index contributed by atoms with van der Waals surface area (Å²) in [5.74, 6) is 0.272. The van der Waals surface area contributed by atoms with Crippen molar-refractivity contribution in [1.82, 2.24) is 4.90 Å². The average Bonchev–Trinajstić information content (AvgIpc) is 2.72. The predicted molar refractivity (Wildman–Crippen MR) is 105 cm³/mol. The van der Waals surface area contributed by atoms with Gasteiger partial charge in [0.2, 0.25) is 0 Å². The molecule has 2 aromatic carbocycles. The van der Waals surface area contributed by atoms with Crippen LogP contribution in [0.1, 0.15) is 32.6 Å². The van der Waals surface area contributed by atoms with E-state index >= 15 is 0 Å². The van der Waals surface area contributed by atoms with Gasteiger partial charge < -0.3 is 9.64 Å². The summed E-state index contributed by atoms with van der Waals surface area (Å²) in [6, 6.07) is 6.76. The minimum Gasteiger partial charge on any atom is -0.491 e. The van der Waals surface area contributed by atoms with Crippen LogP contribution in [0, 0.1) is 27.7 Å². The van der Waals surface area contributed by atoms with Gasteiger partial charge in [0.05, 0.1) is 17.0 Å². The standard InChI is InChI=1S/C20H24N2O4S/c1-12-10-13(2)15(4)19(14(12)3)27(24,25)21-16-6-7-18-17(11-16)20(23)22(5)8-9-26-18/h6-7,10-11,21H,8-9H2,1-5H3. The highest BCUT2D eigenvalue weighted by molar-refractivity contribution is 7.92. The van der Waals surface area contributed by atoms with E-state index in [1.165, 1.54) is 6.07 Å². The van der Waals surface area contributed by atoms with E-state index in [4.69, 9.17) is 4.74 Å². The number of hydrogen-bond donors (Lipinski definition) is 1. The number of fused-ring (bicyclic) bond motifs is 1. The van der Waals surface area contributed by atoms with E-state index in [-0.39, 0.29) is 10.8 Å². The van der Waals surface area contributed by atoms with Crippen LogP contribution in [0.3, 0.4) is 0 Å². The zero-order chi connectivity index (χ0) is 19.9. The molecule has 1 heterocycles. The largest absolute Gasteiger partial charge is 0.491 e. The third-order valence-electron chi connectivity index (χ3n) is 5.06. The van der Waals surface area contributed by atoms with Crippen LogP contribution in [0.5, 0.6) is 5.75 Å². The van der Waals surface area contributed by atoms with Gasteiger partial charge in [-0.05, 0) is 68.1 Å². The first kappa shape index (κ1) is 19.2. The van der Waals surface area contributed by atoms with Crippen LogP contribution in [-0.4, -0.2) is 39.4 Å². The number of hydrogen-bond acceptors (Lipinski definition) is 4. The van der Waals surface area contributed by atoms with Crippen LogP contribution in [0.15, 0.2) is 29.2 Å². The predicted octanol–water partition coefficient (Wildman–Crippen LogP) is 3.19. The Kier molecular flexibility index (Phi) is 4.90. The fourth-order valence-corrected chi connectivity index (χ4v) is 4.94. The second kappa shape index (κ2) is 6.88. The van der Waals surface area contributed by atoms with Crippen LogP contribution in [0.2, 0.25) is 0 Å². The van der Waals surface area contributed by atoms with Crippen LogP contribution < -0.4 is 9.46 Å². The molecule has 0 spiro atoms. The molecule has 1 aliphatic rings. The lowest BCUT2D eigenvalue weighted by atomic mass is 10.0. The normalized spacial score (nSPS) is 14.4. The van der Waals surface area contributed by atoms with E-state index in [2.05, 4.69) is 4.72 Å². The van der Waals surface area contributed by atoms with Crippen molar-refractivity contribution in [1.29, 1.82) is 0 Å². The Morgan fingerprint density at radius 2 is 1.67 bits per heavy atom. The van der Waals surface area contributed by atoms with Crippen LogP contribution in [0.4, 0.5) is 5.69 Å². The molecule has 1 amide bonds. The Morgan fingerprint density at radius 1 is 1.04 bits per heavy atom. The van der Waals surface area contributed by atoms with E-state index in [0.717, 1.165) is 22.3 Å². The van der Waals surface area contributed by atoms with E-state index in [1.54, 1.807) is 37.9 Å². The van der Waals surface area contributed by atoms with E-state index in [9.17, 15) is 13.2 Å².